The smallest absolute Gasteiger partial charge is 0.141 e. The van der Waals surface area contributed by atoms with Crippen molar-refractivity contribution in [2.45, 2.75) is 13.8 Å². The van der Waals surface area contributed by atoms with Gasteiger partial charge in [-0.1, -0.05) is 11.6 Å². The summed E-state index contributed by atoms with van der Waals surface area (Å²) in [5.74, 6) is 0. The molecule has 0 aliphatic carbocycles. The van der Waals surface area contributed by atoms with Crippen LogP contribution in [0, 0.1) is 25.2 Å². The molecule has 0 saturated heterocycles. The second kappa shape index (κ2) is 3.12. The molecule has 68 valence electrons. The van der Waals surface area contributed by atoms with E-state index in [0.29, 0.717) is 5.69 Å². The van der Waals surface area contributed by atoms with E-state index >= 15 is 0 Å². The summed E-state index contributed by atoms with van der Waals surface area (Å²) in [6, 6.07) is 9.91. The van der Waals surface area contributed by atoms with Crippen molar-refractivity contribution in [1.82, 2.24) is 4.98 Å². The van der Waals surface area contributed by atoms with E-state index in [4.69, 9.17) is 5.26 Å². The highest BCUT2D eigenvalue weighted by Gasteiger charge is 2.01. The van der Waals surface area contributed by atoms with Crippen molar-refractivity contribution < 1.29 is 0 Å². The van der Waals surface area contributed by atoms with Gasteiger partial charge in [0, 0.05) is 5.39 Å². The lowest BCUT2D eigenvalue weighted by Gasteiger charge is -2.03. The molecular weight excluding hydrogens is 172 g/mol. The Hall–Kier alpha value is -1.88. The largest absolute Gasteiger partial charge is 0.237 e. The van der Waals surface area contributed by atoms with Crippen LogP contribution < -0.4 is 0 Å². The van der Waals surface area contributed by atoms with Crippen LogP contribution in [0.5, 0.6) is 0 Å². The summed E-state index contributed by atoms with van der Waals surface area (Å²) < 4.78 is 0. The van der Waals surface area contributed by atoms with Crippen LogP contribution in [0.25, 0.3) is 10.9 Å². The van der Waals surface area contributed by atoms with E-state index in [2.05, 4.69) is 24.0 Å². The summed E-state index contributed by atoms with van der Waals surface area (Å²) in [6.07, 6.45) is 0. The van der Waals surface area contributed by atoms with Gasteiger partial charge in [-0.3, -0.25) is 0 Å². The van der Waals surface area contributed by atoms with Crippen LogP contribution in [0.1, 0.15) is 16.8 Å². The van der Waals surface area contributed by atoms with Crippen molar-refractivity contribution in [3.05, 3.63) is 41.1 Å². The van der Waals surface area contributed by atoms with Gasteiger partial charge >= 0.3 is 0 Å². The number of aryl methyl sites for hydroxylation is 2. The third kappa shape index (κ3) is 1.33. The molecule has 0 amide bonds. The predicted octanol–water partition coefficient (Wildman–Crippen LogP) is 2.72. The Labute approximate surface area is 82.8 Å². The van der Waals surface area contributed by atoms with Crippen LogP contribution in [0.4, 0.5) is 0 Å². The molecule has 0 atom stereocenters. The third-order valence-corrected chi connectivity index (χ3v) is 2.24. The van der Waals surface area contributed by atoms with Crippen molar-refractivity contribution in [3.8, 4) is 6.07 Å². The molecular formula is C12H10N2. The highest BCUT2D eigenvalue weighted by molar-refractivity contribution is 5.82. The molecule has 2 rings (SSSR count). The Morgan fingerprint density at radius 2 is 2.00 bits per heavy atom. The molecule has 2 nitrogen and oxygen atoms in total. The number of nitrogens with zero attached hydrogens (tertiary/aromatic N) is 2. The second-order valence-electron chi connectivity index (χ2n) is 3.46. The Morgan fingerprint density at radius 1 is 1.21 bits per heavy atom. The SMILES string of the molecule is Cc1cc(C)c2nc(C#N)ccc2c1. The summed E-state index contributed by atoms with van der Waals surface area (Å²) in [7, 11) is 0. The molecule has 1 heterocycles. The number of fused-ring (bicyclic) bond motifs is 1. The van der Waals surface area contributed by atoms with Crippen molar-refractivity contribution in [3.63, 3.8) is 0 Å². The van der Waals surface area contributed by atoms with Crippen LogP contribution in [0.2, 0.25) is 0 Å². The summed E-state index contributed by atoms with van der Waals surface area (Å²) >= 11 is 0. The van der Waals surface area contributed by atoms with E-state index in [0.717, 1.165) is 16.5 Å². The fraction of sp³-hybridized carbons (Fsp3) is 0.167. The first kappa shape index (κ1) is 8.71. The molecule has 0 N–H and O–H groups in total. The fourth-order valence-corrected chi connectivity index (χ4v) is 1.66. The Balaban J connectivity index is 2.84. The van der Waals surface area contributed by atoms with Gasteiger partial charge in [-0.15, -0.1) is 0 Å². The zero-order chi connectivity index (χ0) is 10.1. The van der Waals surface area contributed by atoms with Crippen molar-refractivity contribution in [2.24, 2.45) is 0 Å². The molecule has 0 bridgehead atoms. The van der Waals surface area contributed by atoms with Crippen LogP contribution in [0.3, 0.4) is 0 Å². The van der Waals surface area contributed by atoms with Crippen molar-refractivity contribution in [1.29, 1.82) is 5.26 Å². The van der Waals surface area contributed by atoms with Crippen molar-refractivity contribution >= 4 is 10.9 Å². The fourth-order valence-electron chi connectivity index (χ4n) is 1.66. The lowest BCUT2D eigenvalue weighted by Crippen LogP contribution is -1.88. The first-order chi connectivity index (χ1) is 6.70. The van der Waals surface area contributed by atoms with Gasteiger partial charge in [0.15, 0.2) is 0 Å². The average molecular weight is 182 g/mol. The molecule has 14 heavy (non-hydrogen) atoms. The Kier molecular flexibility index (Phi) is 1.94. The molecule has 0 spiro atoms. The molecule has 0 radical (unpaired) electrons. The number of hydrogen-bond donors (Lipinski definition) is 0. The molecule has 2 heteroatoms. The van der Waals surface area contributed by atoms with E-state index < -0.39 is 0 Å². The van der Waals surface area contributed by atoms with Crippen molar-refractivity contribution in [2.75, 3.05) is 0 Å². The molecule has 0 saturated carbocycles. The molecule has 0 aliphatic heterocycles. The number of nitriles is 1. The standard InChI is InChI=1S/C12H10N2/c1-8-5-9(2)12-10(6-8)3-4-11(7-13)14-12/h3-6H,1-2H3. The molecule has 1 aromatic heterocycles. The lowest BCUT2D eigenvalue weighted by atomic mass is 10.1. The summed E-state index contributed by atoms with van der Waals surface area (Å²) in [5.41, 5.74) is 3.75. The number of hydrogen-bond acceptors (Lipinski definition) is 2. The summed E-state index contributed by atoms with van der Waals surface area (Å²) in [5, 5.41) is 9.83. The Bertz CT molecular complexity index is 536. The van der Waals surface area contributed by atoms with Crippen LogP contribution in [-0.4, -0.2) is 4.98 Å². The molecule has 0 unspecified atom stereocenters. The number of aromatic nitrogens is 1. The minimum Gasteiger partial charge on any atom is -0.237 e. The maximum atomic E-state index is 8.73. The minimum atomic E-state index is 0.476. The minimum absolute atomic E-state index is 0.476. The molecule has 0 aliphatic rings. The van der Waals surface area contributed by atoms with E-state index in [9.17, 15) is 0 Å². The van der Waals surface area contributed by atoms with Gasteiger partial charge in [0.1, 0.15) is 11.8 Å². The third-order valence-electron chi connectivity index (χ3n) is 2.24. The first-order valence-electron chi connectivity index (χ1n) is 4.49. The van der Waals surface area contributed by atoms with Gasteiger partial charge in [0.2, 0.25) is 0 Å². The predicted molar refractivity (Wildman–Crippen MR) is 55.9 cm³/mol. The van der Waals surface area contributed by atoms with Gasteiger partial charge < -0.3 is 0 Å². The zero-order valence-corrected chi connectivity index (χ0v) is 8.20. The quantitative estimate of drug-likeness (QED) is 0.628. The highest BCUT2D eigenvalue weighted by atomic mass is 14.7. The topological polar surface area (TPSA) is 36.7 Å². The van der Waals surface area contributed by atoms with Gasteiger partial charge in [0.05, 0.1) is 5.52 Å². The average Bonchev–Trinajstić information content (AvgIpc) is 2.17. The molecule has 1 aromatic carbocycles. The maximum Gasteiger partial charge on any atom is 0.141 e. The van der Waals surface area contributed by atoms with Crippen LogP contribution in [-0.2, 0) is 0 Å². The zero-order valence-electron chi connectivity index (χ0n) is 8.20. The number of benzene rings is 1. The van der Waals surface area contributed by atoms with Crippen LogP contribution in [0.15, 0.2) is 24.3 Å². The van der Waals surface area contributed by atoms with Crippen LogP contribution >= 0.6 is 0 Å². The van der Waals surface area contributed by atoms with E-state index in [-0.39, 0.29) is 0 Å². The van der Waals surface area contributed by atoms with Gasteiger partial charge in [-0.25, -0.2) is 4.98 Å². The normalized spacial score (nSPS) is 10.1. The highest BCUT2D eigenvalue weighted by Crippen LogP contribution is 2.18. The molecule has 0 fully saturated rings. The molecule has 2 aromatic rings. The second-order valence-corrected chi connectivity index (χ2v) is 3.46. The summed E-state index contributed by atoms with van der Waals surface area (Å²) in [6.45, 7) is 4.08. The van der Waals surface area contributed by atoms with E-state index in [1.165, 1.54) is 5.56 Å². The van der Waals surface area contributed by atoms with E-state index in [1.54, 1.807) is 6.07 Å². The van der Waals surface area contributed by atoms with Gasteiger partial charge in [-0.2, -0.15) is 5.26 Å². The van der Waals surface area contributed by atoms with E-state index in [1.807, 2.05) is 19.1 Å². The maximum absolute atomic E-state index is 8.73. The lowest BCUT2D eigenvalue weighted by molar-refractivity contribution is 1.29. The Morgan fingerprint density at radius 3 is 2.71 bits per heavy atom. The number of pyridine rings is 1. The monoisotopic (exact) mass is 182 g/mol. The van der Waals surface area contributed by atoms with Gasteiger partial charge in [0.25, 0.3) is 0 Å². The summed E-state index contributed by atoms with van der Waals surface area (Å²) in [4.78, 5) is 4.27. The first-order valence-corrected chi connectivity index (χ1v) is 4.49. The number of rotatable bonds is 0. The van der Waals surface area contributed by atoms with Gasteiger partial charge in [-0.05, 0) is 37.6 Å².